The Morgan fingerprint density at radius 1 is 1.29 bits per heavy atom. The molecule has 3 unspecified atom stereocenters. The molecule has 0 aromatic rings. The van der Waals surface area contributed by atoms with Crippen LogP contribution in [0.1, 0.15) is 45.4 Å². The lowest BCUT2D eigenvalue weighted by molar-refractivity contribution is 0.0934. The van der Waals surface area contributed by atoms with Gasteiger partial charge in [-0.3, -0.25) is 0 Å². The maximum Gasteiger partial charge on any atom is 0.0576 e. The molecule has 0 radical (unpaired) electrons. The summed E-state index contributed by atoms with van der Waals surface area (Å²) in [6, 6.07) is 1.37. The fourth-order valence-electron chi connectivity index (χ4n) is 3.74. The molecule has 4 heteroatoms. The van der Waals surface area contributed by atoms with Crippen molar-refractivity contribution in [2.45, 2.75) is 63.6 Å². The van der Waals surface area contributed by atoms with E-state index in [2.05, 4.69) is 36.1 Å². The number of hydrogen-bond donors (Lipinski definition) is 1. The number of piperazine rings is 1. The summed E-state index contributed by atoms with van der Waals surface area (Å²) in [4.78, 5) is 5.02. The second-order valence-electron chi connectivity index (χ2n) is 6.95. The number of rotatable bonds is 8. The second kappa shape index (κ2) is 9.09. The third-order valence-electron chi connectivity index (χ3n) is 5.13. The van der Waals surface area contributed by atoms with Crippen LogP contribution in [-0.2, 0) is 4.74 Å². The highest BCUT2D eigenvalue weighted by atomic mass is 16.5. The number of likely N-dealkylation sites (N-methyl/N-ethyl adjacent to an activating group) is 2. The highest BCUT2D eigenvalue weighted by Gasteiger charge is 2.25. The van der Waals surface area contributed by atoms with E-state index in [0.717, 1.165) is 13.2 Å². The van der Waals surface area contributed by atoms with Gasteiger partial charge >= 0.3 is 0 Å². The lowest BCUT2D eigenvalue weighted by Crippen LogP contribution is -2.52. The van der Waals surface area contributed by atoms with Gasteiger partial charge in [0.05, 0.1) is 6.10 Å². The van der Waals surface area contributed by atoms with Crippen molar-refractivity contribution in [2.24, 2.45) is 0 Å². The predicted octanol–water partition coefficient (Wildman–Crippen LogP) is 1.95. The quantitative estimate of drug-likeness (QED) is 0.741. The van der Waals surface area contributed by atoms with Gasteiger partial charge in [-0.15, -0.1) is 0 Å². The summed E-state index contributed by atoms with van der Waals surface area (Å²) in [5.41, 5.74) is 0. The summed E-state index contributed by atoms with van der Waals surface area (Å²) >= 11 is 0. The highest BCUT2D eigenvalue weighted by molar-refractivity contribution is 4.83. The zero-order valence-electron chi connectivity index (χ0n) is 14.3. The largest absolute Gasteiger partial charge is 0.378 e. The number of ether oxygens (including phenoxy) is 1. The smallest absolute Gasteiger partial charge is 0.0576 e. The lowest BCUT2D eigenvalue weighted by Gasteiger charge is -2.39. The van der Waals surface area contributed by atoms with Crippen LogP contribution in [0.2, 0.25) is 0 Å². The molecule has 0 aromatic heterocycles. The first-order valence-electron chi connectivity index (χ1n) is 8.92. The van der Waals surface area contributed by atoms with Crippen molar-refractivity contribution in [3.05, 3.63) is 0 Å². The van der Waals surface area contributed by atoms with E-state index in [1.807, 2.05) is 0 Å². The third-order valence-corrected chi connectivity index (χ3v) is 5.13. The van der Waals surface area contributed by atoms with Gasteiger partial charge in [-0.2, -0.15) is 0 Å². The summed E-state index contributed by atoms with van der Waals surface area (Å²) in [6.45, 7) is 7.92. The Kier molecular flexibility index (Phi) is 7.44. The predicted molar refractivity (Wildman–Crippen MR) is 88.8 cm³/mol. The van der Waals surface area contributed by atoms with E-state index >= 15 is 0 Å². The molecule has 0 amide bonds. The SMILES string of the molecule is CCNC(CCCC1CCCO1)CC1CN(C)CCN1C. The zero-order valence-corrected chi connectivity index (χ0v) is 14.3. The van der Waals surface area contributed by atoms with Crippen LogP contribution in [0, 0.1) is 0 Å². The van der Waals surface area contributed by atoms with Crippen molar-refractivity contribution < 1.29 is 4.74 Å². The van der Waals surface area contributed by atoms with Crippen LogP contribution in [0.15, 0.2) is 0 Å². The molecule has 2 heterocycles. The van der Waals surface area contributed by atoms with E-state index < -0.39 is 0 Å². The summed E-state index contributed by atoms with van der Waals surface area (Å²) < 4.78 is 5.74. The second-order valence-corrected chi connectivity index (χ2v) is 6.95. The summed E-state index contributed by atoms with van der Waals surface area (Å²) in [7, 11) is 4.53. The Labute approximate surface area is 131 Å². The molecule has 0 saturated carbocycles. The summed E-state index contributed by atoms with van der Waals surface area (Å²) in [5, 5.41) is 3.70. The minimum Gasteiger partial charge on any atom is -0.378 e. The zero-order chi connectivity index (χ0) is 15.1. The van der Waals surface area contributed by atoms with Crippen LogP contribution in [0.25, 0.3) is 0 Å². The van der Waals surface area contributed by atoms with Crippen molar-refractivity contribution in [1.29, 1.82) is 0 Å². The molecule has 2 fully saturated rings. The van der Waals surface area contributed by atoms with Crippen molar-refractivity contribution in [3.63, 3.8) is 0 Å². The molecule has 21 heavy (non-hydrogen) atoms. The first-order chi connectivity index (χ1) is 10.2. The van der Waals surface area contributed by atoms with Crippen LogP contribution < -0.4 is 5.32 Å². The minimum atomic E-state index is 0.552. The van der Waals surface area contributed by atoms with Gasteiger partial charge in [0, 0.05) is 38.3 Å². The van der Waals surface area contributed by atoms with Crippen LogP contribution in [0.4, 0.5) is 0 Å². The maximum atomic E-state index is 5.74. The fourth-order valence-corrected chi connectivity index (χ4v) is 3.74. The van der Waals surface area contributed by atoms with E-state index in [-0.39, 0.29) is 0 Å². The van der Waals surface area contributed by atoms with Gasteiger partial charge in [0.1, 0.15) is 0 Å². The fraction of sp³-hybridized carbons (Fsp3) is 1.00. The normalized spacial score (nSPS) is 29.9. The molecular formula is C17H35N3O. The summed E-state index contributed by atoms with van der Waals surface area (Å²) in [5.74, 6) is 0. The highest BCUT2D eigenvalue weighted by Crippen LogP contribution is 2.20. The Balaban J connectivity index is 1.72. The van der Waals surface area contributed by atoms with E-state index in [0.29, 0.717) is 18.2 Å². The van der Waals surface area contributed by atoms with E-state index in [4.69, 9.17) is 4.74 Å². The van der Waals surface area contributed by atoms with Gasteiger partial charge in [0.15, 0.2) is 0 Å². The van der Waals surface area contributed by atoms with Gasteiger partial charge in [-0.05, 0) is 59.2 Å². The number of nitrogens with zero attached hydrogens (tertiary/aromatic N) is 2. The van der Waals surface area contributed by atoms with Gasteiger partial charge in [0.2, 0.25) is 0 Å². The Morgan fingerprint density at radius 3 is 2.86 bits per heavy atom. The van der Waals surface area contributed by atoms with Crippen molar-refractivity contribution >= 4 is 0 Å². The molecule has 0 aliphatic carbocycles. The van der Waals surface area contributed by atoms with Crippen LogP contribution >= 0.6 is 0 Å². The Morgan fingerprint density at radius 2 is 2.14 bits per heavy atom. The molecule has 0 bridgehead atoms. The molecule has 2 saturated heterocycles. The lowest BCUT2D eigenvalue weighted by atomic mass is 9.97. The van der Waals surface area contributed by atoms with Crippen molar-refractivity contribution in [1.82, 2.24) is 15.1 Å². The molecule has 0 aromatic carbocycles. The van der Waals surface area contributed by atoms with E-state index in [1.54, 1.807) is 0 Å². The maximum absolute atomic E-state index is 5.74. The number of hydrogen-bond acceptors (Lipinski definition) is 4. The van der Waals surface area contributed by atoms with Gasteiger partial charge in [-0.25, -0.2) is 0 Å². The van der Waals surface area contributed by atoms with Gasteiger partial charge < -0.3 is 19.9 Å². The monoisotopic (exact) mass is 297 g/mol. The Hall–Kier alpha value is -0.160. The molecule has 124 valence electrons. The molecule has 2 rings (SSSR count). The third kappa shape index (κ3) is 5.85. The molecule has 1 N–H and O–H groups in total. The van der Waals surface area contributed by atoms with Crippen LogP contribution in [-0.4, -0.2) is 74.9 Å². The van der Waals surface area contributed by atoms with Crippen molar-refractivity contribution in [3.8, 4) is 0 Å². The average molecular weight is 297 g/mol. The van der Waals surface area contributed by atoms with E-state index in [1.165, 1.54) is 58.2 Å². The van der Waals surface area contributed by atoms with E-state index in [9.17, 15) is 0 Å². The van der Waals surface area contributed by atoms with Crippen LogP contribution in [0.5, 0.6) is 0 Å². The summed E-state index contributed by atoms with van der Waals surface area (Å²) in [6.07, 6.45) is 8.22. The molecule has 3 atom stereocenters. The molecule has 4 nitrogen and oxygen atoms in total. The molecule has 2 aliphatic heterocycles. The minimum absolute atomic E-state index is 0.552. The molecule has 0 spiro atoms. The van der Waals surface area contributed by atoms with Crippen molar-refractivity contribution in [2.75, 3.05) is 46.9 Å². The molecule has 2 aliphatic rings. The van der Waals surface area contributed by atoms with Gasteiger partial charge in [-0.1, -0.05) is 6.92 Å². The topological polar surface area (TPSA) is 27.7 Å². The van der Waals surface area contributed by atoms with Crippen LogP contribution in [0.3, 0.4) is 0 Å². The molecular weight excluding hydrogens is 262 g/mol. The first-order valence-corrected chi connectivity index (χ1v) is 8.92. The number of nitrogens with one attached hydrogen (secondary N) is 1. The Bertz CT molecular complexity index is 281. The standard InChI is InChI=1S/C17H35N3O/c1-4-18-15(7-5-8-17-9-6-12-21-17)13-16-14-19(2)10-11-20(16)3/h15-18H,4-14H2,1-3H3. The first kappa shape index (κ1) is 17.2. The van der Waals surface area contributed by atoms with Gasteiger partial charge in [0.25, 0.3) is 0 Å². The average Bonchev–Trinajstić information content (AvgIpc) is 2.96.